The third-order valence-electron chi connectivity index (χ3n) is 3.73. The Bertz CT molecular complexity index is 496. The van der Waals surface area contributed by atoms with Gasteiger partial charge < -0.3 is 10.1 Å². The van der Waals surface area contributed by atoms with Crippen LogP contribution in [0.15, 0.2) is 23.6 Å². The van der Waals surface area contributed by atoms with Gasteiger partial charge in [0.05, 0.1) is 0 Å². The summed E-state index contributed by atoms with van der Waals surface area (Å²) in [6.45, 7) is 1.94. The number of carbonyl (C=O) groups is 2. The van der Waals surface area contributed by atoms with E-state index < -0.39 is 5.97 Å². The van der Waals surface area contributed by atoms with Crippen molar-refractivity contribution in [2.24, 2.45) is 5.92 Å². The number of nitrogens with one attached hydrogen (secondary N) is 1. The number of hydrogen-bond donors (Lipinski definition) is 1. The molecule has 0 spiro atoms. The second kappa shape index (κ2) is 7.98. The van der Waals surface area contributed by atoms with Crippen molar-refractivity contribution in [1.82, 2.24) is 5.32 Å². The molecule has 2 rings (SSSR count). The maximum Gasteiger partial charge on any atom is 0.331 e. The lowest BCUT2D eigenvalue weighted by molar-refractivity contribution is -0.144. The smallest absolute Gasteiger partial charge is 0.331 e. The number of esters is 1. The minimum atomic E-state index is -0.491. The van der Waals surface area contributed by atoms with Crippen LogP contribution in [-0.4, -0.2) is 24.5 Å². The zero-order valence-corrected chi connectivity index (χ0v) is 13.0. The van der Waals surface area contributed by atoms with Gasteiger partial charge in [-0.1, -0.05) is 25.8 Å². The van der Waals surface area contributed by atoms with Crippen LogP contribution in [0.3, 0.4) is 0 Å². The Morgan fingerprint density at radius 2 is 2.24 bits per heavy atom. The molecule has 0 saturated heterocycles. The summed E-state index contributed by atoms with van der Waals surface area (Å²) in [5, 5.41) is 4.89. The molecule has 1 N–H and O–H groups in total. The lowest BCUT2D eigenvalue weighted by atomic mass is 9.86. The first-order chi connectivity index (χ1) is 10.1. The van der Waals surface area contributed by atoms with Crippen molar-refractivity contribution in [3.63, 3.8) is 0 Å². The summed E-state index contributed by atoms with van der Waals surface area (Å²) in [6.07, 6.45) is 7.58. The van der Waals surface area contributed by atoms with Gasteiger partial charge in [0.2, 0.25) is 0 Å². The first-order valence-electron chi connectivity index (χ1n) is 7.33. The molecule has 2 atom stereocenters. The number of thiophene rings is 1. The Labute approximate surface area is 129 Å². The van der Waals surface area contributed by atoms with Gasteiger partial charge in [-0.2, -0.15) is 0 Å². The Morgan fingerprint density at radius 3 is 2.95 bits per heavy atom. The average molecular weight is 307 g/mol. The topological polar surface area (TPSA) is 55.4 Å². The molecule has 1 aromatic heterocycles. The molecule has 1 saturated carbocycles. The minimum absolute atomic E-state index is 0.211. The number of rotatable bonds is 5. The molecule has 114 valence electrons. The van der Waals surface area contributed by atoms with Crippen molar-refractivity contribution in [2.45, 2.75) is 38.6 Å². The fraction of sp³-hybridized carbons (Fsp3) is 0.500. The molecule has 0 unspecified atom stereocenters. The highest BCUT2D eigenvalue weighted by Gasteiger charge is 2.22. The molecular formula is C16H21NO3S. The summed E-state index contributed by atoms with van der Waals surface area (Å²) >= 11 is 1.54. The second-order valence-corrected chi connectivity index (χ2v) is 6.37. The Hall–Kier alpha value is -1.62. The number of hydrogen-bond acceptors (Lipinski definition) is 4. The number of carbonyl (C=O) groups excluding carboxylic acids is 2. The van der Waals surface area contributed by atoms with Gasteiger partial charge in [-0.3, -0.25) is 4.79 Å². The Morgan fingerprint density at radius 1 is 1.43 bits per heavy atom. The van der Waals surface area contributed by atoms with Crippen LogP contribution in [0.5, 0.6) is 0 Å². The van der Waals surface area contributed by atoms with Crippen LogP contribution < -0.4 is 5.32 Å². The maximum atomic E-state index is 11.8. The van der Waals surface area contributed by atoms with Gasteiger partial charge in [0, 0.05) is 17.0 Å². The summed E-state index contributed by atoms with van der Waals surface area (Å²) in [7, 11) is 0. The van der Waals surface area contributed by atoms with E-state index in [1.54, 1.807) is 6.08 Å². The molecule has 1 heterocycles. The number of amides is 1. The standard InChI is InChI=1S/C16H21NO3S/c1-12-5-2-3-7-14(12)17-15(18)11-20-16(19)9-8-13-6-4-10-21-13/h4,6,8-10,12,14H,2-3,5,7,11H2,1H3,(H,17,18)/b9-8+/t12-,14+/m1/s1. The second-order valence-electron chi connectivity index (χ2n) is 5.39. The van der Waals surface area contributed by atoms with Gasteiger partial charge in [-0.05, 0) is 36.3 Å². The largest absolute Gasteiger partial charge is 0.452 e. The fourth-order valence-electron chi connectivity index (χ4n) is 2.50. The van der Waals surface area contributed by atoms with E-state index in [2.05, 4.69) is 12.2 Å². The lowest BCUT2D eigenvalue weighted by Gasteiger charge is -2.29. The van der Waals surface area contributed by atoms with Crippen molar-refractivity contribution >= 4 is 29.3 Å². The summed E-state index contributed by atoms with van der Waals surface area (Å²) in [5.41, 5.74) is 0. The van der Waals surface area contributed by atoms with E-state index in [9.17, 15) is 9.59 Å². The summed E-state index contributed by atoms with van der Waals surface area (Å²) in [6, 6.07) is 4.03. The van der Waals surface area contributed by atoms with Crippen LogP contribution in [0.1, 0.15) is 37.5 Å². The molecule has 21 heavy (non-hydrogen) atoms. The molecule has 1 fully saturated rings. The third kappa shape index (κ3) is 5.34. The molecule has 0 aliphatic heterocycles. The van der Waals surface area contributed by atoms with Crippen molar-refractivity contribution < 1.29 is 14.3 Å². The van der Waals surface area contributed by atoms with Crippen LogP contribution in [0, 0.1) is 5.92 Å². The Kier molecular flexibility index (Phi) is 5.99. The fourth-order valence-corrected chi connectivity index (χ4v) is 3.12. The SMILES string of the molecule is C[C@@H]1CCCC[C@@H]1NC(=O)COC(=O)/C=C/c1cccs1. The van der Waals surface area contributed by atoms with E-state index in [-0.39, 0.29) is 18.6 Å². The van der Waals surface area contributed by atoms with Gasteiger partial charge in [0.25, 0.3) is 5.91 Å². The minimum Gasteiger partial charge on any atom is -0.452 e. The van der Waals surface area contributed by atoms with E-state index in [0.717, 1.165) is 24.1 Å². The molecule has 5 heteroatoms. The zero-order chi connectivity index (χ0) is 15.1. The van der Waals surface area contributed by atoms with Crippen LogP contribution >= 0.6 is 11.3 Å². The Balaban J connectivity index is 1.69. The summed E-state index contributed by atoms with van der Waals surface area (Å²) in [4.78, 5) is 24.3. The molecule has 1 amide bonds. The first-order valence-corrected chi connectivity index (χ1v) is 8.21. The van der Waals surface area contributed by atoms with Crippen LogP contribution in [-0.2, 0) is 14.3 Å². The number of ether oxygens (including phenoxy) is 1. The van der Waals surface area contributed by atoms with E-state index in [1.165, 1.54) is 23.8 Å². The third-order valence-corrected chi connectivity index (χ3v) is 4.57. The van der Waals surface area contributed by atoms with E-state index in [1.807, 2.05) is 17.5 Å². The van der Waals surface area contributed by atoms with Crippen LogP contribution in [0.25, 0.3) is 6.08 Å². The monoisotopic (exact) mass is 307 g/mol. The van der Waals surface area contributed by atoms with E-state index >= 15 is 0 Å². The average Bonchev–Trinajstić information content (AvgIpc) is 2.99. The molecule has 0 aromatic carbocycles. The molecule has 0 bridgehead atoms. The normalized spacial score (nSPS) is 22.1. The maximum absolute atomic E-state index is 11.8. The van der Waals surface area contributed by atoms with Crippen LogP contribution in [0.4, 0.5) is 0 Å². The van der Waals surface area contributed by atoms with Gasteiger partial charge in [-0.25, -0.2) is 4.79 Å². The van der Waals surface area contributed by atoms with Crippen molar-refractivity contribution in [1.29, 1.82) is 0 Å². The molecule has 4 nitrogen and oxygen atoms in total. The van der Waals surface area contributed by atoms with Crippen molar-refractivity contribution in [3.8, 4) is 0 Å². The quantitative estimate of drug-likeness (QED) is 0.672. The van der Waals surface area contributed by atoms with E-state index in [4.69, 9.17) is 4.74 Å². The zero-order valence-electron chi connectivity index (χ0n) is 12.2. The van der Waals surface area contributed by atoms with Crippen molar-refractivity contribution in [2.75, 3.05) is 6.61 Å². The van der Waals surface area contributed by atoms with Gasteiger partial charge >= 0.3 is 5.97 Å². The first kappa shape index (κ1) is 15.8. The van der Waals surface area contributed by atoms with E-state index in [0.29, 0.717) is 5.92 Å². The predicted octanol–water partition coefficient (Wildman–Crippen LogP) is 3.00. The summed E-state index contributed by atoms with van der Waals surface area (Å²) < 4.78 is 4.95. The molecule has 0 radical (unpaired) electrons. The summed E-state index contributed by atoms with van der Waals surface area (Å²) in [5.74, 6) is -0.209. The van der Waals surface area contributed by atoms with Gasteiger partial charge in [-0.15, -0.1) is 11.3 Å². The highest BCUT2D eigenvalue weighted by Crippen LogP contribution is 2.23. The molecule has 1 aliphatic rings. The molecule has 1 aromatic rings. The highest BCUT2D eigenvalue weighted by molar-refractivity contribution is 7.10. The lowest BCUT2D eigenvalue weighted by Crippen LogP contribution is -2.42. The van der Waals surface area contributed by atoms with Crippen LogP contribution in [0.2, 0.25) is 0 Å². The van der Waals surface area contributed by atoms with Crippen molar-refractivity contribution in [3.05, 3.63) is 28.5 Å². The predicted molar refractivity (Wildman–Crippen MR) is 83.9 cm³/mol. The van der Waals surface area contributed by atoms with Gasteiger partial charge in [0.15, 0.2) is 6.61 Å². The van der Waals surface area contributed by atoms with Gasteiger partial charge in [0.1, 0.15) is 0 Å². The molecular weight excluding hydrogens is 286 g/mol. The molecule has 1 aliphatic carbocycles. The highest BCUT2D eigenvalue weighted by atomic mass is 32.1.